The van der Waals surface area contributed by atoms with Crippen molar-refractivity contribution in [1.29, 1.82) is 0 Å². The fraction of sp³-hybridized carbons (Fsp3) is 0.286. The lowest BCUT2D eigenvalue weighted by molar-refractivity contribution is 0.340. The zero-order chi connectivity index (χ0) is 19.4. The largest absolute Gasteiger partial charge is 0.494 e. The zero-order valence-corrected chi connectivity index (χ0v) is 16.9. The van der Waals surface area contributed by atoms with Gasteiger partial charge in [0.2, 0.25) is 4.77 Å². The fourth-order valence-electron chi connectivity index (χ4n) is 2.67. The van der Waals surface area contributed by atoms with E-state index in [-0.39, 0.29) is 5.41 Å². The van der Waals surface area contributed by atoms with Crippen LogP contribution >= 0.6 is 12.2 Å². The van der Waals surface area contributed by atoms with Crippen LogP contribution in [-0.2, 0) is 5.41 Å². The van der Waals surface area contributed by atoms with E-state index in [0.29, 0.717) is 17.2 Å². The van der Waals surface area contributed by atoms with Crippen LogP contribution in [0, 0.1) is 4.77 Å². The van der Waals surface area contributed by atoms with Crippen molar-refractivity contribution >= 4 is 18.4 Å². The highest BCUT2D eigenvalue weighted by Gasteiger charge is 2.13. The van der Waals surface area contributed by atoms with E-state index in [1.807, 2.05) is 31.2 Å². The molecule has 5 nitrogen and oxygen atoms in total. The molecule has 1 aromatic heterocycles. The molecule has 0 radical (unpaired) electrons. The minimum Gasteiger partial charge on any atom is -0.494 e. The molecule has 0 bridgehead atoms. The van der Waals surface area contributed by atoms with Crippen molar-refractivity contribution in [3.05, 3.63) is 64.4 Å². The van der Waals surface area contributed by atoms with Gasteiger partial charge in [0.05, 0.1) is 12.8 Å². The van der Waals surface area contributed by atoms with Crippen molar-refractivity contribution in [2.45, 2.75) is 33.1 Å². The Labute approximate surface area is 164 Å². The number of aromatic nitrogens is 3. The van der Waals surface area contributed by atoms with Crippen LogP contribution in [0.5, 0.6) is 5.75 Å². The number of H-pyrrole nitrogens is 1. The molecule has 0 saturated heterocycles. The third-order valence-corrected chi connectivity index (χ3v) is 4.42. The Balaban J connectivity index is 1.90. The smallest absolute Gasteiger partial charge is 0.216 e. The Hall–Kier alpha value is -2.73. The van der Waals surface area contributed by atoms with E-state index in [1.165, 1.54) is 5.56 Å². The van der Waals surface area contributed by atoms with E-state index in [1.54, 1.807) is 10.9 Å². The summed E-state index contributed by atoms with van der Waals surface area (Å²) in [6, 6.07) is 16.1. The van der Waals surface area contributed by atoms with Crippen molar-refractivity contribution in [3.63, 3.8) is 0 Å². The molecule has 1 N–H and O–H groups in total. The average Bonchev–Trinajstić information content (AvgIpc) is 3.01. The van der Waals surface area contributed by atoms with Crippen molar-refractivity contribution in [3.8, 4) is 17.1 Å². The molecule has 0 aliphatic carbocycles. The molecule has 0 spiro atoms. The molecule has 0 saturated carbocycles. The van der Waals surface area contributed by atoms with Crippen molar-refractivity contribution in [2.24, 2.45) is 5.10 Å². The minimum atomic E-state index is 0.127. The maximum absolute atomic E-state index is 5.57. The number of ether oxygens (including phenoxy) is 1. The maximum atomic E-state index is 5.57. The summed E-state index contributed by atoms with van der Waals surface area (Å²) in [5, 5.41) is 11.7. The Morgan fingerprint density at radius 3 is 2.59 bits per heavy atom. The van der Waals surface area contributed by atoms with E-state index >= 15 is 0 Å². The predicted octanol–water partition coefficient (Wildman–Crippen LogP) is 5.19. The van der Waals surface area contributed by atoms with E-state index in [4.69, 9.17) is 17.0 Å². The number of aromatic amines is 1. The number of nitrogens with one attached hydrogen (secondary N) is 1. The number of hydrogen-bond donors (Lipinski definition) is 1. The highest BCUT2D eigenvalue weighted by atomic mass is 32.1. The molecule has 2 aromatic carbocycles. The van der Waals surface area contributed by atoms with E-state index < -0.39 is 0 Å². The number of rotatable bonds is 5. The van der Waals surface area contributed by atoms with Gasteiger partial charge in [-0.2, -0.15) is 14.9 Å². The summed E-state index contributed by atoms with van der Waals surface area (Å²) in [6.07, 6.45) is 1.79. The summed E-state index contributed by atoms with van der Waals surface area (Å²) in [6.45, 7) is 9.16. The molecular formula is C21H24N4OS. The van der Waals surface area contributed by atoms with Gasteiger partial charge in [0.25, 0.3) is 0 Å². The number of hydrogen-bond acceptors (Lipinski definition) is 4. The Morgan fingerprint density at radius 2 is 1.93 bits per heavy atom. The van der Waals surface area contributed by atoms with Crippen LogP contribution in [0.25, 0.3) is 11.4 Å². The summed E-state index contributed by atoms with van der Waals surface area (Å²) in [5.74, 6) is 1.43. The van der Waals surface area contributed by atoms with Gasteiger partial charge in [-0.05, 0) is 47.8 Å². The lowest BCUT2D eigenvalue weighted by Gasteiger charge is -2.18. The van der Waals surface area contributed by atoms with Gasteiger partial charge in [-0.1, -0.05) is 57.2 Å². The van der Waals surface area contributed by atoms with Gasteiger partial charge < -0.3 is 4.74 Å². The second-order valence-electron chi connectivity index (χ2n) is 7.24. The lowest BCUT2D eigenvalue weighted by Crippen LogP contribution is -2.10. The molecule has 0 aliphatic heterocycles. The molecule has 0 amide bonds. The second kappa shape index (κ2) is 7.88. The summed E-state index contributed by atoms with van der Waals surface area (Å²) >= 11 is 5.34. The molecule has 3 rings (SSSR count). The quantitative estimate of drug-likeness (QED) is 0.490. The number of benzene rings is 2. The van der Waals surface area contributed by atoms with Crippen LogP contribution in [-0.4, -0.2) is 27.7 Å². The maximum Gasteiger partial charge on any atom is 0.216 e. The molecule has 1 heterocycles. The van der Waals surface area contributed by atoms with Crippen molar-refractivity contribution in [1.82, 2.24) is 14.9 Å². The Morgan fingerprint density at radius 1 is 1.19 bits per heavy atom. The van der Waals surface area contributed by atoms with E-state index in [0.717, 1.165) is 16.9 Å². The first-order valence-corrected chi connectivity index (χ1v) is 9.35. The molecule has 0 atom stereocenters. The van der Waals surface area contributed by atoms with Gasteiger partial charge in [-0.15, -0.1) is 0 Å². The van der Waals surface area contributed by atoms with Crippen LogP contribution < -0.4 is 4.74 Å². The monoisotopic (exact) mass is 380 g/mol. The third-order valence-electron chi connectivity index (χ3n) is 4.15. The Bertz CT molecular complexity index is 994. The fourth-order valence-corrected chi connectivity index (χ4v) is 2.85. The highest BCUT2D eigenvalue weighted by molar-refractivity contribution is 7.71. The van der Waals surface area contributed by atoms with Gasteiger partial charge in [-0.25, -0.2) is 5.10 Å². The third kappa shape index (κ3) is 4.52. The first kappa shape index (κ1) is 19.0. The second-order valence-corrected chi connectivity index (χ2v) is 7.63. The summed E-state index contributed by atoms with van der Waals surface area (Å²) in [4.78, 5) is 0. The van der Waals surface area contributed by atoms with Gasteiger partial charge in [0, 0.05) is 5.56 Å². The minimum absolute atomic E-state index is 0.127. The Kier molecular flexibility index (Phi) is 5.56. The number of nitrogens with zero attached hydrogens (tertiary/aromatic N) is 3. The lowest BCUT2D eigenvalue weighted by atomic mass is 9.87. The zero-order valence-electron chi connectivity index (χ0n) is 16.1. The van der Waals surface area contributed by atoms with Gasteiger partial charge in [0.15, 0.2) is 5.82 Å². The molecule has 0 fully saturated rings. The predicted molar refractivity (Wildman–Crippen MR) is 112 cm³/mol. The van der Waals surface area contributed by atoms with Gasteiger partial charge >= 0.3 is 0 Å². The van der Waals surface area contributed by atoms with Gasteiger partial charge in [-0.3, -0.25) is 0 Å². The van der Waals surface area contributed by atoms with E-state index in [9.17, 15) is 0 Å². The summed E-state index contributed by atoms with van der Waals surface area (Å²) in [7, 11) is 0. The normalized spacial score (nSPS) is 11.9. The summed E-state index contributed by atoms with van der Waals surface area (Å²) < 4.78 is 7.63. The van der Waals surface area contributed by atoms with Crippen LogP contribution in [0.2, 0.25) is 0 Å². The highest BCUT2D eigenvalue weighted by Crippen LogP contribution is 2.23. The first-order chi connectivity index (χ1) is 12.9. The molecule has 0 unspecified atom stereocenters. The van der Waals surface area contributed by atoms with Crippen LogP contribution in [0.1, 0.15) is 38.8 Å². The summed E-state index contributed by atoms with van der Waals surface area (Å²) in [5.41, 5.74) is 3.29. The van der Waals surface area contributed by atoms with Crippen molar-refractivity contribution in [2.75, 3.05) is 6.61 Å². The SMILES string of the molecule is CCOc1cccc(-c2n[nH]c(=S)n2/N=C/c2ccc(C(C)(C)C)cc2)c1. The molecule has 140 valence electrons. The molecule has 3 aromatic rings. The molecule has 6 heteroatoms. The van der Waals surface area contributed by atoms with Crippen LogP contribution in [0.3, 0.4) is 0 Å². The molecular weight excluding hydrogens is 356 g/mol. The standard InChI is InChI=1S/C21H24N4OS/c1-5-26-18-8-6-7-16(13-18)19-23-24-20(27)25(19)22-14-15-9-11-17(12-10-15)21(2,3)4/h6-14H,5H2,1-4H3,(H,24,27)/b22-14+. The van der Waals surface area contributed by atoms with Crippen LogP contribution in [0.15, 0.2) is 53.6 Å². The molecule has 27 heavy (non-hydrogen) atoms. The first-order valence-electron chi connectivity index (χ1n) is 8.94. The molecule has 0 aliphatic rings. The van der Waals surface area contributed by atoms with E-state index in [2.05, 4.69) is 60.3 Å². The topological polar surface area (TPSA) is 55.2 Å². The van der Waals surface area contributed by atoms with Crippen LogP contribution in [0.4, 0.5) is 0 Å². The van der Waals surface area contributed by atoms with Gasteiger partial charge in [0.1, 0.15) is 5.75 Å². The average molecular weight is 381 g/mol. The van der Waals surface area contributed by atoms with Crippen molar-refractivity contribution < 1.29 is 4.74 Å².